The van der Waals surface area contributed by atoms with E-state index in [0.717, 1.165) is 5.69 Å². The van der Waals surface area contributed by atoms with Crippen LogP contribution in [-0.2, 0) is 4.79 Å². The Kier molecular flexibility index (Phi) is 3.11. The zero-order chi connectivity index (χ0) is 14.2. The van der Waals surface area contributed by atoms with Crippen LogP contribution in [-0.4, -0.2) is 36.5 Å². The summed E-state index contributed by atoms with van der Waals surface area (Å²) in [6, 6.07) is 7.25. The Morgan fingerprint density at radius 1 is 1.37 bits per heavy atom. The van der Waals surface area contributed by atoms with Crippen molar-refractivity contribution in [3.8, 4) is 6.07 Å². The normalized spacial score (nSPS) is 18.3. The molecule has 100 valence electrons. The van der Waals surface area contributed by atoms with E-state index in [-0.39, 0.29) is 5.91 Å². The van der Waals surface area contributed by atoms with Crippen molar-refractivity contribution in [2.45, 2.75) is 19.4 Å². The highest BCUT2D eigenvalue weighted by Gasteiger charge is 2.41. The number of nitrogens with two attached hydrogens (primary N) is 1. The van der Waals surface area contributed by atoms with Crippen LogP contribution in [0.4, 0.5) is 11.4 Å². The highest BCUT2D eigenvalue weighted by atomic mass is 16.2. The zero-order valence-electron chi connectivity index (χ0n) is 11.5. The van der Waals surface area contributed by atoms with Gasteiger partial charge in [0.05, 0.1) is 23.0 Å². The number of hydrogen-bond acceptors (Lipinski definition) is 4. The highest BCUT2D eigenvalue weighted by molar-refractivity contribution is 5.91. The number of anilines is 2. The Morgan fingerprint density at radius 3 is 2.68 bits per heavy atom. The number of likely N-dealkylation sites (N-methyl/N-ethyl adjacent to an activating group) is 1. The summed E-state index contributed by atoms with van der Waals surface area (Å²) in [4.78, 5) is 16.0. The largest absolute Gasteiger partial charge is 0.397 e. The molecule has 1 heterocycles. The molecule has 1 saturated heterocycles. The second-order valence-electron chi connectivity index (χ2n) is 5.32. The minimum absolute atomic E-state index is 0.0560. The molecule has 1 aliphatic heterocycles. The zero-order valence-corrected chi connectivity index (χ0v) is 11.5. The molecular formula is C14H18N4O. The van der Waals surface area contributed by atoms with E-state index < -0.39 is 5.54 Å². The monoisotopic (exact) mass is 258 g/mol. The van der Waals surface area contributed by atoms with Crippen LogP contribution in [0.5, 0.6) is 0 Å². The lowest BCUT2D eigenvalue weighted by Gasteiger charge is -2.46. The van der Waals surface area contributed by atoms with Gasteiger partial charge in [-0.05, 0) is 32.0 Å². The molecule has 1 fully saturated rings. The van der Waals surface area contributed by atoms with Crippen LogP contribution < -0.4 is 10.6 Å². The summed E-state index contributed by atoms with van der Waals surface area (Å²) in [5, 5.41) is 8.99. The van der Waals surface area contributed by atoms with Gasteiger partial charge in [-0.2, -0.15) is 5.26 Å². The highest BCUT2D eigenvalue weighted by Crippen LogP contribution is 2.33. The molecule has 0 radical (unpaired) electrons. The Hall–Kier alpha value is -2.22. The second-order valence-corrected chi connectivity index (χ2v) is 5.32. The molecule has 1 aromatic carbocycles. The minimum atomic E-state index is -0.658. The third-order valence-corrected chi connectivity index (χ3v) is 3.65. The quantitative estimate of drug-likeness (QED) is 0.768. The average molecular weight is 258 g/mol. The third-order valence-electron chi connectivity index (χ3n) is 3.65. The first-order valence-electron chi connectivity index (χ1n) is 6.20. The van der Waals surface area contributed by atoms with Crippen molar-refractivity contribution < 1.29 is 4.79 Å². The van der Waals surface area contributed by atoms with Gasteiger partial charge < -0.3 is 15.5 Å². The van der Waals surface area contributed by atoms with Crippen LogP contribution in [0.2, 0.25) is 0 Å². The number of nitrogen functional groups attached to an aromatic ring is 1. The number of nitrogens with zero attached hydrogens (tertiary/aromatic N) is 3. The Labute approximate surface area is 113 Å². The van der Waals surface area contributed by atoms with Crippen molar-refractivity contribution in [3.63, 3.8) is 0 Å². The maximum atomic E-state index is 12.3. The number of piperazine rings is 1. The Morgan fingerprint density at radius 2 is 2.05 bits per heavy atom. The summed E-state index contributed by atoms with van der Waals surface area (Å²) < 4.78 is 0. The van der Waals surface area contributed by atoms with Gasteiger partial charge in [-0.15, -0.1) is 0 Å². The number of nitriles is 1. The molecule has 2 rings (SSSR count). The van der Waals surface area contributed by atoms with E-state index in [1.54, 1.807) is 30.1 Å². The number of hydrogen-bond donors (Lipinski definition) is 1. The standard InChI is InChI=1S/C14H18N4O/c1-14(2)13(19)17(3)6-7-18(14)12-8-10(9-15)4-5-11(12)16/h4-5,8H,6-7,16H2,1-3H3. The molecular weight excluding hydrogens is 240 g/mol. The summed E-state index contributed by atoms with van der Waals surface area (Å²) in [5.74, 6) is 0.0560. The maximum absolute atomic E-state index is 12.3. The van der Waals surface area contributed by atoms with E-state index in [1.165, 1.54) is 0 Å². The van der Waals surface area contributed by atoms with Crippen molar-refractivity contribution in [3.05, 3.63) is 23.8 Å². The van der Waals surface area contributed by atoms with Gasteiger partial charge in [0.15, 0.2) is 0 Å². The fourth-order valence-electron chi connectivity index (χ4n) is 2.48. The predicted molar refractivity (Wildman–Crippen MR) is 74.6 cm³/mol. The van der Waals surface area contributed by atoms with Crippen molar-refractivity contribution in [1.82, 2.24) is 4.90 Å². The number of carbonyl (C=O) groups excluding carboxylic acids is 1. The van der Waals surface area contributed by atoms with E-state index in [9.17, 15) is 4.79 Å². The fourth-order valence-corrected chi connectivity index (χ4v) is 2.48. The SMILES string of the molecule is CN1CCN(c2cc(C#N)ccc2N)C(C)(C)C1=O. The van der Waals surface area contributed by atoms with Crippen LogP contribution in [0.25, 0.3) is 0 Å². The van der Waals surface area contributed by atoms with Gasteiger partial charge in [0.2, 0.25) is 5.91 Å². The second kappa shape index (κ2) is 4.47. The molecule has 5 nitrogen and oxygen atoms in total. The summed E-state index contributed by atoms with van der Waals surface area (Å²) in [6.45, 7) is 5.11. The molecule has 0 spiro atoms. The van der Waals surface area contributed by atoms with E-state index in [4.69, 9.17) is 11.0 Å². The molecule has 1 aromatic rings. The first-order valence-corrected chi connectivity index (χ1v) is 6.20. The minimum Gasteiger partial charge on any atom is -0.397 e. The molecule has 0 saturated carbocycles. The molecule has 0 atom stereocenters. The molecule has 1 aliphatic rings. The van der Waals surface area contributed by atoms with Crippen molar-refractivity contribution in [2.24, 2.45) is 0 Å². The first-order chi connectivity index (χ1) is 8.87. The van der Waals surface area contributed by atoms with Crippen molar-refractivity contribution in [1.29, 1.82) is 5.26 Å². The lowest BCUT2D eigenvalue weighted by atomic mass is 9.96. The van der Waals surface area contributed by atoms with Crippen LogP contribution in [0, 0.1) is 11.3 Å². The first kappa shape index (κ1) is 13.2. The number of amides is 1. The van der Waals surface area contributed by atoms with Crippen LogP contribution >= 0.6 is 0 Å². The molecule has 19 heavy (non-hydrogen) atoms. The van der Waals surface area contributed by atoms with Crippen molar-refractivity contribution >= 4 is 17.3 Å². The van der Waals surface area contributed by atoms with E-state index in [0.29, 0.717) is 24.3 Å². The molecule has 5 heteroatoms. The van der Waals surface area contributed by atoms with E-state index in [2.05, 4.69) is 6.07 Å². The lowest BCUT2D eigenvalue weighted by Crippen LogP contribution is -2.62. The van der Waals surface area contributed by atoms with Crippen molar-refractivity contribution in [2.75, 3.05) is 30.8 Å². The lowest BCUT2D eigenvalue weighted by molar-refractivity contribution is -0.136. The van der Waals surface area contributed by atoms with Gasteiger partial charge in [-0.25, -0.2) is 0 Å². The Bertz CT molecular complexity index is 559. The van der Waals surface area contributed by atoms with Crippen LogP contribution in [0.15, 0.2) is 18.2 Å². The van der Waals surface area contributed by atoms with Gasteiger partial charge in [0.1, 0.15) is 5.54 Å². The van der Waals surface area contributed by atoms with E-state index in [1.807, 2.05) is 18.7 Å². The van der Waals surface area contributed by atoms with Gasteiger partial charge in [-0.3, -0.25) is 4.79 Å². The topological polar surface area (TPSA) is 73.4 Å². The molecule has 1 amide bonds. The van der Waals surface area contributed by atoms with Crippen LogP contribution in [0.1, 0.15) is 19.4 Å². The summed E-state index contributed by atoms with van der Waals surface area (Å²) in [5.41, 5.74) is 7.23. The molecule has 0 bridgehead atoms. The average Bonchev–Trinajstić information content (AvgIpc) is 2.38. The summed E-state index contributed by atoms with van der Waals surface area (Å²) in [7, 11) is 1.80. The van der Waals surface area contributed by atoms with Gasteiger partial charge in [0.25, 0.3) is 0 Å². The molecule has 2 N–H and O–H groups in total. The maximum Gasteiger partial charge on any atom is 0.247 e. The molecule has 0 aliphatic carbocycles. The number of rotatable bonds is 1. The molecule has 0 aromatic heterocycles. The summed E-state index contributed by atoms with van der Waals surface area (Å²) >= 11 is 0. The Balaban J connectivity index is 2.47. The number of benzene rings is 1. The predicted octanol–water partition coefficient (Wildman–Crippen LogP) is 1.20. The van der Waals surface area contributed by atoms with Gasteiger partial charge >= 0.3 is 0 Å². The van der Waals surface area contributed by atoms with Crippen LogP contribution in [0.3, 0.4) is 0 Å². The van der Waals surface area contributed by atoms with E-state index >= 15 is 0 Å². The van der Waals surface area contributed by atoms with Gasteiger partial charge in [0, 0.05) is 20.1 Å². The van der Waals surface area contributed by atoms with Gasteiger partial charge in [-0.1, -0.05) is 0 Å². The smallest absolute Gasteiger partial charge is 0.247 e. The summed E-state index contributed by atoms with van der Waals surface area (Å²) in [6.07, 6.45) is 0. The molecule has 0 unspecified atom stereocenters. The fraction of sp³-hybridized carbons (Fsp3) is 0.429. The third kappa shape index (κ3) is 2.10. The number of carbonyl (C=O) groups is 1.